The van der Waals surface area contributed by atoms with Gasteiger partial charge in [0.15, 0.2) is 0 Å². The van der Waals surface area contributed by atoms with Crippen molar-refractivity contribution in [3.05, 3.63) is 0 Å². The summed E-state index contributed by atoms with van der Waals surface area (Å²) in [5.74, 6) is 1.70. The lowest BCUT2D eigenvalue weighted by atomic mass is 9.79. The molecule has 0 saturated carbocycles. The van der Waals surface area contributed by atoms with Gasteiger partial charge in [-0.25, -0.2) is 0 Å². The molecule has 0 radical (unpaired) electrons. The Labute approximate surface area is 101 Å². The Balaban J connectivity index is 2.52. The van der Waals surface area contributed by atoms with Gasteiger partial charge >= 0.3 is 0 Å². The molecule has 0 spiro atoms. The van der Waals surface area contributed by atoms with Crippen LogP contribution in [0.2, 0.25) is 0 Å². The molecule has 1 aliphatic rings. The average molecular weight is 227 g/mol. The standard InChI is InChI=1S/C14H29NO/c1-4-6-12(7-5-2)14(15-3)13-8-10-16-11-9-13/h12-15H,4-11H2,1-3H3. The van der Waals surface area contributed by atoms with Crippen molar-refractivity contribution >= 4 is 0 Å². The molecule has 0 bridgehead atoms. The Morgan fingerprint density at radius 3 is 2.12 bits per heavy atom. The normalized spacial score (nSPS) is 20.2. The van der Waals surface area contributed by atoms with E-state index in [1.54, 1.807) is 0 Å². The van der Waals surface area contributed by atoms with Crippen LogP contribution in [-0.4, -0.2) is 26.3 Å². The molecule has 0 aromatic rings. The minimum absolute atomic E-state index is 0.712. The smallest absolute Gasteiger partial charge is 0.0469 e. The first-order valence-corrected chi connectivity index (χ1v) is 7.08. The molecule has 1 atom stereocenters. The van der Waals surface area contributed by atoms with Crippen molar-refractivity contribution in [1.82, 2.24) is 5.32 Å². The molecule has 1 saturated heterocycles. The monoisotopic (exact) mass is 227 g/mol. The predicted molar refractivity (Wildman–Crippen MR) is 69.7 cm³/mol. The minimum atomic E-state index is 0.712. The van der Waals surface area contributed by atoms with E-state index in [2.05, 4.69) is 26.2 Å². The highest BCUT2D eigenvalue weighted by Crippen LogP contribution is 2.28. The molecular weight excluding hydrogens is 198 g/mol. The zero-order chi connectivity index (χ0) is 11.8. The Morgan fingerprint density at radius 2 is 1.69 bits per heavy atom. The quantitative estimate of drug-likeness (QED) is 0.721. The van der Waals surface area contributed by atoms with Crippen molar-refractivity contribution in [3.8, 4) is 0 Å². The van der Waals surface area contributed by atoms with Crippen LogP contribution >= 0.6 is 0 Å². The second-order valence-corrected chi connectivity index (χ2v) is 5.10. The average Bonchev–Trinajstić information content (AvgIpc) is 2.32. The van der Waals surface area contributed by atoms with Crippen molar-refractivity contribution in [3.63, 3.8) is 0 Å². The lowest BCUT2D eigenvalue weighted by molar-refractivity contribution is 0.0439. The first-order chi connectivity index (χ1) is 7.83. The van der Waals surface area contributed by atoms with Gasteiger partial charge in [-0.3, -0.25) is 0 Å². The summed E-state index contributed by atoms with van der Waals surface area (Å²) in [6, 6.07) is 0.712. The van der Waals surface area contributed by atoms with Gasteiger partial charge in [0.25, 0.3) is 0 Å². The number of hydrogen-bond acceptors (Lipinski definition) is 2. The molecule has 0 amide bonds. The van der Waals surface area contributed by atoms with Gasteiger partial charge in [0.2, 0.25) is 0 Å². The maximum absolute atomic E-state index is 5.47. The van der Waals surface area contributed by atoms with E-state index in [0.29, 0.717) is 6.04 Å². The van der Waals surface area contributed by atoms with Crippen LogP contribution in [-0.2, 0) is 4.74 Å². The number of nitrogens with one attached hydrogen (secondary N) is 1. The second kappa shape index (κ2) is 8.08. The summed E-state index contributed by atoms with van der Waals surface area (Å²) in [6.07, 6.45) is 7.86. The van der Waals surface area contributed by atoms with Crippen molar-refractivity contribution in [2.75, 3.05) is 20.3 Å². The van der Waals surface area contributed by atoms with Crippen molar-refractivity contribution in [1.29, 1.82) is 0 Å². The fraction of sp³-hybridized carbons (Fsp3) is 1.00. The summed E-state index contributed by atoms with van der Waals surface area (Å²) >= 11 is 0. The van der Waals surface area contributed by atoms with Gasteiger partial charge in [0, 0.05) is 19.3 Å². The van der Waals surface area contributed by atoms with Crippen molar-refractivity contribution < 1.29 is 4.74 Å². The predicted octanol–water partition coefficient (Wildman–Crippen LogP) is 3.22. The summed E-state index contributed by atoms with van der Waals surface area (Å²) in [6.45, 7) is 6.54. The molecule has 1 N–H and O–H groups in total. The van der Waals surface area contributed by atoms with Crippen LogP contribution < -0.4 is 5.32 Å². The molecule has 0 aliphatic carbocycles. The number of hydrogen-bond donors (Lipinski definition) is 1. The van der Waals surface area contributed by atoms with Crippen LogP contribution in [0.4, 0.5) is 0 Å². The van der Waals surface area contributed by atoms with E-state index >= 15 is 0 Å². The zero-order valence-corrected chi connectivity index (χ0v) is 11.3. The van der Waals surface area contributed by atoms with E-state index in [-0.39, 0.29) is 0 Å². The van der Waals surface area contributed by atoms with Crippen LogP contribution in [0.3, 0.4) is 0 Å². The highest BCUT2D eigenvalue weighted by molar-refractivity contribution is 4.83. The molecule has 1 heterocycles. The topological polar surface area (TPSA) is 21.3 Å². The molecule has 96 valence electrons. The third-order valence-electron chi connectivity index (χ3n) is 3.93. The second-order valence-electron chi connectivity index (χ2n) is 5.10. The number of rotatable bonds is 7. The summed E-state index contributed by atoms with van der Waals surface area (Å²) in [4.78, 5) is 0. The Hall–Kier alpha value is -0.0800. The first kappa shape index (κ1) is 14.0. The van der Waals surface area contributed by atoms with Gasteiger partial charge in [0.05, 0.1) is 0 Å². The lowest BCUT2D eigenvalue weighted by Gasteiger charge is -2.35. The van der Waals surface area contributed by atoms with Gasteiger partial charge in [-0.15, -0.1) is 0 Å². The maximum atomic E-state index is 5.47. The molecule has 1 unspecified atom stereocenters. The van der Waals surface area contributed by atoms with Gasteiger partial charge < -0.3 is 10.1 Å². The zero-order valence-electron chi connectivity index (χ0n) is 11.3. The summed E-state index contributed by atoms with van der Waals surface area (Å²) in [5, 5.41) is 3.59. The minimum Gasteiger partial charge on any atom is -0.381 e. The van der Waals surface area contributed by atoms with Gasteiger partial charge in [-0.1, -0.05) is 26.7 Å². The van der Waals surface area contributed by atoms with E-state index in [1.165, 1.54) is 38.5 Å². The fourth-order valence-corrected chi connectivity index (χ4v) is 3.18. The Morgan fingerprint density at radius 1 is 1.12 bits per heavy atom. The van der Waals surface area contributed by atoms with Crippen LogP contribution in [0.5, 0.6) is 0 Å². The maximum Gasteiger partial charge on any atom is 0.0469 e. The highest BCUT2D eigenvalue weighted by atomic mass is 16.5. The fourth-order valence-electron chi connectivity index (χ4n) is 3.18. The molecule has 2 heteroatoms. The van der Waals surface area contributed by atoms with Gasteiger partial charge in [-0.05, 0) is 44.6 Å². The van der Waals surface area contributed by atoms with Crippen LogP contribution in [0.15, 0.2) is 0 Å². The molecule has 16 heavy (non-hydrogen) atoms. The Bertz CT molecular complexity index is 160. The molecule has 2 nitrogen and oxygen atoms in total. The third-order valence-corrected chi connectivity index (χ3v) is 3.93. The summed E-state index contributed by atoms with van der Waals surface area (Å²) in [7, 11) is 2.14. The molecular formula is C14H29NO. The number of ether oxygens (including phenoxy) is 1. The molecule has 0 aromatic carbocycles. The largest absolute Gasteiger partial charge is 0.381 e. The molecule has 1 aliphatic heterocycles. The molecule has 1 rings (SSSR count). The van der Waals surface area contributed by atoms with Crippen LogP contribution in [0.1, 0.15) is 52.4 Å². The summed E-state index contributed by atoms with van der Waals surface area (Å²) in [5.41, 5.74) is 0. The van der Waals surface area contributed by atoms with Crippen LogP contribution in [0, 0.1) is 11.8 Å². The Kier molecular flexibility index (Phi) is 7.06. The van der Waals surface area contributed by atoms with E-state index in [9.17, 15) is 0 Å². The van der Waals surface area contributed by atoms with E-state index in [0.717, 1.165) is 25.0 Å². The highest BCUT2D eigenvalue weighted by Gasteiger charge is 2.28. The SMILES string of the molecule is CCCC(CCC)C(NC)C1CCOCC1. The van der Waals surface area contributed by atoms with Crippen LogP contribution in [0.25, 0.3) is 0 Å². The van der Waals surface area contributed by atoms with Gasteiger partial charge in [-0.2, -0.15) is 0 Å². The summed E-state index contributed by atoms with van der Waals surface area (Å²) < 4.78 is 5.47. The van der Waals surface area contributed by atoms with E-state index < -0.39 is 0 Å². The lowest BCUT2D eigenvalue weighted by Crippen LogP contribution is -2.42. The van der Waals surface area contributed by atoms with Crippen molar-refractivity contribution in [2.45, 2.75) is 58.4 Å². The van der Waals surface area contributed by atoms with Gasteiger partial charge in [0.1, 0.15) is 0 Å². The first-order valence-electron chi connectivity index (χ1n) is 7.08. The van der Waals surface area contributed by atoms with Crippen molar-refractivity contribution in [2.24, 2.45) is 11.8 Å². The van der Waals surface area contributed by atoms with E-state index in [1.807, 2.05) is 0 Å². The van der Waals surface area contributed by atoms with E-state index in [4.69, 9.17) is 4.74 Å². The molecule has 1 fully saturated rings. The third kappa shape index (κ3) is 4.06. The molecule has 0 aromatic heterocycles.